The molecule has 1 aliphatic rings. The Morgan fingerprint density at radius 2 is 1.79 bits per heavy atom. The second-order valence-electron chi connectivity index (χ2n) is 7.27. The molecule has 0 radical (unpaired) electrons. The molecule has 6 nitrogen and oxygen atoms in total. The summed E-state index contributed by atoms with van der Waals surface area (Å²) in [6, 6.07) is 10.8. The van der Waals surface area contributed by atoms with Gasteiger partial charge in [-0.15, -0.1) is 0 Å². The lowest BCUT2D eigenvalue weighted by Crippen LogP contribution is -2.34. The Kier molecular flexibility index (Phi) is 5.86. The van der Waals surface area contributed by atoms with Crippen molar-refractivity contribution in [1.82, 2.24) is 4.90 Å². The summed E-state index contributed by atoms with van der Waals surface area (Å²) in [6.07, 6.45) is 0. The van der Waals surface area contributed by atoms with E-state index < -0.39 is 10.1 Å². The van der Waals surface area contributed by atoms with Gasteiger partial charge in [0.2, 0.25) is 0 Å². The van der Waals surface area contributed by atoms with E-state index in [1.54, 1.807) is 41.0 Å². The summed E-state index contributed by atoms with van der Waals surface area (Å²) in [7, 11) is -4.00. The number of amides is 2. The van der Waals surface area contributed by atoms with Crippen molar-refractivity contribution in [3.63, 3.8) is 0 Å². The van der Waals surface area contributed by atoms with Gasteiger partial charge in [0.05, 0.1) is 0 Å². The molecule has 8 heteroatoms. The third-order valence-electron chi connectivity index (χ3n) is 4.34. The SMILES string of the molecule is Cc1cc(Cl)cc(OS(=O)(=O)c2ccc(N3CCN(CC(C)C)C3=O)cc2)c1. The molecule has 0 spiro atoms. The van der Waals surface area contributed by atoms with E-state index in [0.29, 0.717) is 36.3 Å². The number of nitrogens with zero attached hydrogens (tertiary/aromatic N) is 2. The highest BCUT2D eigenvalue weighted by Crippen LogP contribution is 2.26. The van der Waals surface area contributed by atoms with Gasteiger partial charge in [-0.2, -0.15) is 8.42 Å². The van der Waals surface area contributed by atoms with Crippen LogP contribution in [0.5, 0.6) is 5.75 Å². The first-order chi connectivity index (χ1) is 13.2. The van der Waals surface area contributed by atoms with Crippen LogP contribution >= 0.6 is 11.6 Å². The predicted molar refractivity (Wildman–Crippen MR) is 110 cm³/mol. The Bertz CT molecular complexity index is 954. The van der Waals surface area contributed by atoms with Gasteiger partial charge in [-0.05, 0) is 54.8 Å². The summed E-state index contributed by atoms with van der Waals surface area (Å²) in [5.41, 5.74) is 1.46. The molecule has 2 amide bonds. The molecule has 0 aromatic heterocycles. The summed E-state index contributed by atoms with van der Waals surface area (Å²) < 4.78 is 30.3. The van der Waals surface area contributed by atoms with Crippen molar-refractivity contribution in [2.24, 2.45) is 5.92 Å². The third kappa shape index (κ3) is 4.59. The standard InChI is InChI=1S/C20H23ClN2O4S/c1-14(2)13-22-8-9-23(20(22)24)17-4-6-19(7-5-17)28(25,26)27-18-11-15(3)10-16(21)12-18/h4-7,10-12,14H,8-9,13H2,1-3H3. The number of benzene rings is 2. The van der Waals surface area contributed by atoms with Crippen molar-refractivity contribution in [3.05, 3.63) is 53.1 Å². The van der Waals surface area contributed by atoms with Gasteiger partial charge >= 0.3 is 16.1 Å². The number of hydrogen-bond acceptors (Lipinski definition) is 4. The fourth-order valence-electron chi connectivity index (χ4n) is 3.15. The molecular weight excluding hydrogens is 400 g/mol. The predicted octanol–water partition coefficient (Wildman–Crippen LogP) is 4.31. The summed E-state index contributed by atoms with van der Waals surface area (Å²) >= 11 is 5.96. The number of urea groups is 1. The molecular formula is C20H23ClN2O4S. The molecule has 28 heavy (non-hydrogen) atoms. The van der Waals surface area contributed by atoms with Crippen LogP contribution in [0.2, 0.25) is 5.02 Å². The van der Waals surface area contributed by atoms with Crippen molar-refractivity contribution in [2.75, 3.05) is 24.5 Å². The van der Waals surface area contributed by atoms with Crippen LogP contribution in [0, 0.1) is 12.8 Å². The van der Waals surface area contributed by atoms with Gasteiger partial charge in [-0.25, -0.2) is 4.79 Å². The van der Waals surface area contributed by atoms with E-state index in [2.05, 4.69) is 13.8 Å². The minimum Gasteiger partial charge on any atom is -0.379 e. The van der Waals surface area contributed by atoms with Crippen molar-refractivity contribution < 1.29 is 17.4 Å². The second-order valence-corrected chi connectivity index (χ2v) is 9.25. The number of halogens is 1. The molecule has 1 saturated heterocycles. The molecule has 0 bridgehead atoms. The van der Waals surface area contributed by atoms with E-state index in [1.165, 1.54) is 18.2 Å². The topological polar surface area (TPSA) is 66.9 Å². The number of anilines is 1. The largest absolute Gasteiger partial charge is 0.379 e. The average Bonchev–Trinajstić information content (AvgIpc) is 2.94. The van der Waals surface area contributed by atoms with Gasteiger partial charge < -0.3 is 9.08 Å². The number of rotatable bonds is 6. The lowest BCUT2D eigenvalue weighted by Gasteiger charge is -2.20. The number of hydrogen-bond donors (Lipinski definition) is 0. The van der Waals surface area contributed by atoms with Crippen LogP contribution in [0.25, 0.3) is 0 Å². The normalized spacial score (nSPS) is 14.8. The molecule has 3 rings (SSSR count). The summed E-state index contributed by atoms with van der Waals surface area (Å²) in [4.78, 5) is 16.0. The highest BCUT2D eigenvalue weighted by atomic mass is 35.5. The van der Waals surface area contributed by atoms with E-state index in [1.807, 2.05) is 0 Å². The van der Waals surface area contributed by atoms with Crippen LogP contribution in [0.4, 0.5) is 10.5 Å². The molecule has 0 atom stereocenters. The highest BCUT2D eigenvalue weighted by molar-refractivity contribution is 7.87. The molecule has 1 heterocycles. The molecule has 0 unspecified atom stereocenters. The summed E-state index contributed by atoms with van der Waals surface area (Å²) in [5, 5.41) is 0.402. The minimum absolute atomic E-state index is 0.0135. The summed E-state index contributed by atoms with van der Waals surface area (Å²) in [5.74, 6) is 0.553. The van der Waals surface area contributed by atoms with Gasteiger partial charge in [0.25, 0.3) is 0 Å². The van der Waals surface area contributed by atoms with Crippen LogP contribution in [0.15, 0.2) is 47.4 Å². The van der Waals surface area contributed by atoms with Crippen LogP contribution in [-0.4, -0.2) is 39.0 Å². The molecule has 0 saturated carbocycles. The fraction of sp³-hybridized carbons (Fsp3) is 0.350. The Morgan fingerprint density at radius 1 is 1.11 bits per heavy atom. The van der Waals surface area contributed by atoms with Crippen molar-refractivity contribution >= 4 is 33.4 Å². The fourth-order valence-corrected chi connectivity index (χ4v) is 4.35. The van der Waals surface area contributed by atoms with E-state index in [4.69, 9.17) is 15.8 Å². The van der Waals surface area contributed by atoms with Gasteiger partial charge in [0, 0.05) is 36.4 Å². The maximum Gasteiger partial charge on any atom is 0.339 e. The molecule has 1 fully saturated rings. The quantitative estimate of drug-likeness (QED) is 0.650. The first-order valence-electron chi connectivity index (χ1n) is 9.04. The van der Waals surface area contributed by atoms with Gasteiger partial charge in [0.15, 0.2) is 0 Å². The Balaban J connectivity index is 1.76. The van der Waals surface area contributed by atoms with Crippen LogP contribution in [0.3, 0.4) is 0 Å². The van der Waals surface area contributed by atoms with Gasteiger partial charge in [0.1, 0.15) is 10.6 Å². The number of aryl methyl sites for hydroxylation is 1. The zero-order chi connectivity index (χ0) is 20.5. The Labute approximate surface area is 170 Å². The van der Waals surface area contributed by atoms with Crippen LogP contribution in [0.1, 0.15) is 19.4 Å². The Morgan fingerprint density at radius 3 is 2.39 bits per heavy atom. The molecule has 2 aromatic carbocycles. The zero-order valence-corrected chi connectivity index (χ0v) is 17.6. The van der Waals surface area contributed by atoms with Crippen molar-refractivity contribution in [1.29, 1.82) is 0 Å². The van der Waals surface area contributed by atoms with Crippen LogP contribution in [-0.2, 0) is 10.1 Å². The van der Waals surface area contributed by atoms with Crippen molar-refractivity contribution in [3.8, 4) is 5.75 Å². The van der Waals surface area contributed by atoms with Crippen LogP contribution < -0.4 is 9.08 Å². The van der Waals surface area contributed by atoms with Gasteiger partial charge in [-0.3, -0.25) is 4.90 Å². The van der Waals surface area contributed by atoms with E-state index >= 15 is 0 Å². The molecule has 150 valence electrons. The maximum atomic E-state index is 12.5. The number of carbonyl (C=O) groups is 1. The summed E-state index contributed by atoms with van der Waals surface area (Å²) in [6.45, 7) is 7.88. The zero-order valence-electron chi connectivity index (χ0n) is 16.1. The van der Waals surface area contributed by atoms with E-state index in [0.717, 1.165) is 5.56 Å². The lowest BCUT2D eigenvalue weighted by molar-refractivity contribution is 0.215. The third-order valence-corrected chi connectivity index (χ3v) is 5.82. The average molecular weight is 423 g/mol. The molecule has 1 aliphatic heterocycles. The maximum absolute atomic E-state index is 12.5. The molecule has 0 aliphatic carbocycles. The minimum atomic E-state index is -4.00. The first-order valence-corrected chi connectivity index (χ1v) is 10.8. The Hall–Kier alpha value is -2.25. The highest BCUT2D eigenvalue weighted by Gasteiger charge is 2.30. The van der Waals surface area contributed by atoms with E-state index in [9.17, 15) is 13.2 Å². The number of carbonyl (C=O) groups excluding carboxylic acids is 1. The van der Waals surface area contributed by atoms with E-state index in [-0.39, 0.29) is 16.7 Å². The molecule has 0 N–H and O–H groups in total. The monoisotopic (exact) mass is 422 g/mol. The molecule has 2 aromatic rings. The smallest absolute Gasteiger partial charge is 0.339 e. The first kappa shape index (κ1) is 20.5. The van der Waals surface area contributed by atoms with Gasteiger partial charge in [-0.1, -0.05) is 25.4 Å². The van der Waals surface area contributed by atoms with Crippen molar-refractivity contribution in [2.45, 2.75) is 25.7 Å². The lowest BCUT2D eigenvalue weighted by atomic mass is 10.2. The second kappa shape index (κ2) is 8.01.